The fourth-order valence-electron chi connectivity index (χ4n) is 0.574. The Bertz CT molecular complexity index is 78.5. The van der Waals surface area contributed by atoms with Crippen LogP contribution in [-0.2, 0) is 11.1 Å². The normalized spacial score (nSPS) is 14.5. The zero-order valence-corrected chi connectivity index (χ0v) is 6.07. The summed E-state index contributed by atoms with van der Waals surface area (Å²) >= 11 is -1.60. The molecule has 0 bridgehead atoms. The van der Waals surface area contributed by atoms with Crippen LogP contribution in [0.4, 0.5) is 0 Å². The molecule has 0 radical (unpaired) electrons. The van der Waals surface area contributed by atoms with Crippen molar-refractivity contribution in [2.75, 3.05) is 0 Å². The van der Waals surface area contributed by atoms with E-state index in [1.165, 1.54) is 0 Å². The lowest BCUT2D eigenvalue weighted by Gasteiger charge is -2.03. The molecule has 1 unspecified atom stereocenters. The number of rotatable bonds is 3. The molecule has 0 aromatic heterocycles. The van der Waals surface area contributed by atoms with Crippen LogP contribution in [0.25, 0.3) is 0 Å². The summed E-state index contributed by atoms with van der Waals surface area (Å²) in [5, 5.41) is -0.0185. The van der Waals surface area contributed by atoms with Crippen LogP contribution < -0.4 is 0 Å². The van der Waals surface area contributed by atoms with Gasteiger partial charge in [-0.25, -0.2) is 4.21 Å². The average molecular weight is 136 g/mol. The van der Waals surface area contributed by atoms with Crippen LogP contribution in [0.15, 0.2) is 0 Å². The van der Waals surface area contributed by atoms with E-state index < -0.39 is 11.1 Å². The molecular weight excluding hydrogens is 124 g/mol. The van der Waals surface area contributed by atoms with Gasteiger partial charge >= 0.3 is 0 Å². The second kappa shape index (κ2) is 4.04. The van der Waals surface area contributed by atoms with E-state index in [4.69, 9.17) is 4.55 Å². The molecule has 0 aromatic rings. The minimum Gasteiger partial charge on any atom is -0.306 e. The van der Waals surface area contributed by atoms with E-state index in [0.29, 0.717) is 0 Å². The van der Waals surface area contributed by atoms with E-state index in [2.05, 4.69) is 0 Å². The SMILES string of the molecule is CCC(CC)S(=O)O. The summed E-state index contributed by atoms with van der Waals surface area (Å²) in [4.78, 5) is 0. The lowest BCUT2D eigenvalue weighted by Crippen LogP contribution is -2.10. The van der Waals surface area contributed by atoms with Crippen LogP contribution >= 0.6 is 0 Å². The lowest BCUT2D eigenvalue weighted by molar-refractivity contribution is 0.540. The highest BCUT2D eigenvalue weighted by Crippen LogP contribution is 2.02. The zero-order valence-electron chi connectivity index (χ0n) is 5.26. The van der Waals surface area contributed by atoms with Crippen LogP contribution in [0.3, 0.4) is 0 Å². The Hall–Kier alpha value is 0.110. The topological polar surface area (TPSA) is 37.3 Å². The molecule has 0 aromatic carbocycles. The molecule has 0 heterocycles. The van der Waals surface area contributed by atoms with Gasteiger partial charge in [0.25, 0.3) is 0 Å². The van der Waals surface area contributed by atoms with Gasteiger partial charge in [0.1, 0.15) is 0 Å². The summed E-state index contributed by atoms with van der Waals surface area (Å²) in [6.07, 6.45) is 1.58. The second-order valence-corrected chi connectivity index (χ2v) is 2.93. The first-order valence-electron chi connectivity index (χ1n) is 2.82. The summed E-state index contributed by atoms with van der Waals surface area (Å²) < 4.78 is 18.8. The predicted octanol–water partition coefficient (Wildman–Crippen LogP) is 1.40. The molecule has 2 nitrogen and oxygen atoms in total. The van der Waals surface area contributed by atoms with Crippen molar-refractivity contribution in [1.29, 1.82) is 0 Å². The number of hydrogen-bond acceptors (Lipinski definition) is 1. The molecule has 0 spiro atoms. The maximum Gasteiger partial charge on any atom is 0.155 e. The van der Waals surface area contributed by atoms with Gasteiger partial charge in [0, 0.05) is 0 Å². The molecule has 50 valence electrons. The highest BCUT2D eigenvalue weighted by Gasteiger charge is 2.07. The third-order valence-corrected chi connectivity index (χ3v) is 2.43. The van der Waals surface area contributed by atoms with E-state index in [9.17, 15) is 4.21 Å². The molecule has 0 rings (SSSR count). The standard InChI is InChI=1S/C5H12O2S/c1-3-5(4-2)8(6)7/h5H,3-4H2,1-2H3,(H,6,7). The maximum absolute atomic E-state index is 10.3. The van der Waals surface area contributed by atoms with Crippen molar-refractivity contribution in [2.45, 2.75) is 31.9 Å². The fraction of sp³-hybridized carbons (Fsp3) is 1.00. The van der Waals surface area contributed by atoms with E-state index >= 15 is 0 Å². The summed E-state index contributed by atoms with van der Waals surface area (Å²) in [6.45, 7) is 3.84. The minimum absolute atomic E-state index is 0.0185. The summed E-state index contributed by atoms with van der Waals surface area (Å²) in [5.41, 5.74) is 0. The number of hydrogen-bond donors (Lipinski definition) is 1. The van der Waals surface area contributed by atoms with Crippen molar-refractivity contribution in [3.8, 4) is 0 Å². The van der Waals surface area contributed by atoms with Gasteiger partial charge in [0.2, 0.25) is 0 Å². The van der Waals surface area contributed by atoms with Gasteiger partial charge in [-0.15, -0.1) is 0 Å². The maximum atomic E-state index is 10.3. The van der Waals surface area contributed by atoms with Gasteiger partial charge in [0.15, 0.2) is 11.1 Å². The van der Waals surface area contributed by atoms with Crippen LogP contribution in [0, 0.1) is 0 Å². The zero-order chi connectivity index (χ0) is 6.57. The summed E-state index contributed by atoms with van der Waals surface area (Å²) in [6, 6.07) is 0. The van der Waals surface area contributed by atoms with Gasteiger partial charge in [-0.2, -0.15) is 0 Å². The molecule has 0 aliphatic carbocycles. The van der Waals surface area contributed by atoms with Crippen molar-refractivity contribution >= 4 is 11.1 Å². The van der Waals surface area contributed by atoms with Crippen LogP contribution in [0.1, 0.15) is 26.7 Å². The summed E-state index contributed by atoms with van der Waals surface area (Å²) in [7, 11) is 0. The monoisotopic (exact) mass is 136 g/mol. The first-order valence-corrected chi connectivity index (χ1v) is 3.99. The molecular formula is C5H12O2S. The van der Waals surface area contributed by atoms with E-state index in [-0.39, 0.29) is 5.25 Å². The smallest absolute Gasteiger partial charge is 0.155 e. The minimum atomic E-state index is -1.60. The molecule has 1 N–H and O–H groups in total. The lowest BCUT2D eigenvalue weighted by atomic mass is 10.3. The molecule has 1 atom stereocenters. The molecule has 0 saturated carbocycles. The highest BCUT2D eigenvalue weighted by molar-refractivity contribution is 7.79. The first kappa shape index (κ1) is 8.11. The Morgan fingerprint density at radius 3 is 1.88 bits per heavy atom. The quantitative estimate of drug-likeness (QED) is 0.595. The van der Waals surface area contributed by atoms with Crippen LogP contribution in [-0.4, -0.2) is 14.0 Å². The molecule has 0 fully saturated rings. The first-order chi connectivity index (χ1) is 3.72. The Labute approximate surface area is 52.6 Å². The third kappa shape index (κ3) is 2.43. The van der Waals surface area contributed by atoms with Crippen LogP contribution in [0.5, 0.6) is 0 Å². The molecule has 8 heavy (non-hydrogen) atoms. The average Bonchev–Trinajstić information content (AvgIpc) is 1.69. The molecule has 0 amide bonds. The van der Waals surface area contributed by atoms with Crippen LogP contribution in [0.2, 0.25) is 0 Å². The van der Waals surface area contributed by atoms with Crippen molar-refractivity contribution in [3.05, 3.63) is 0 Å². The van der Waals surface area contributed by atoms with Crippen molar-refractivity contribution in [2.24, 2.45) is 0 Å². The van der Waals surface area contributed by atoms with Crippen molar-refractivity contribution < 1.29 is 8.76 Å². The van der Waals surface area contributed by atoms with E-state index in [1.807, 2.05) is 13.8 Å². The van der Waals surface area contributed by atoms with Gasteiger partial charge in [-0.3, -0.25) is 0 Å². The van der Waals surface area contributed by atoms with Gasteiger partial charge in [-0.1, -0.05) is 13.8 Å². The predicted molar refractivity (Wildman–Crippen MR) is 35.1 cm³/mol. The Kier molecular flexibility index (Phi) is 4.09. The Morgan fingerprint density at radius 2 is 1.88 bits per heavy atom. The highest BCUT2D eigenvalue weighted by atomic mass is 32.2. The summed E-state index contributed by atoms with van der Waals surface area (Å²) in [5.74, 6) is 0. The second-order valence-electron chi connectivity index (χ2n) is 1.71. The van der Waals surface area contributed by atoms with E-state index in [1.54, 1.807) is 0 Å². The largest absolute Gasteiger partial charge is 0.306 e. The molecule has 0 saturated heterocycles. The Balaban J connectivity index is 3.52. The molecule has 3 heteroatoms. The Morgan fingerprint density at radius 1 is 1.50 bits per heavy atom. The van der Waals surface area contributed by atoms with Gasteiger partial charge < -0.3 is 4.55 Å². The molecule has 0 aliphatic rings. The fourth-order valence-corrected chi connectivity index (χ4v) is 1.14. The van der Waals surface area contributed by atoms with E-state index in [0.717, 1.165) is 12.8 Å². The third-order valence-electron chi connectivity index (χ3n) is 1.20. The molecule has 0 aliphatic heterocycles. The van der Waals surface area contributed by atoms with Gasteiger partial charge in [-0.05, 0) is 12.8 Å². The van der Waals surface area contributed by atoms with Crippen molar-refractivity contribution in [3.63, 3.8) is 0 Å². The van der Waals surface area contributed by atoms with Gasteiger partial charge in [0.05, 0.1) is 5.25 Å². The van der Waals surface area contributed by atoms with Crippen molar-refractivity contribution in [1.82, 2.24) is 0 Å².